The van der Waals surface area contributed by atoms with Crippen molar-refractivity contribution in [1.29, 1.82) is 0 Å². The number of hydrogen-bond donors (Lipinski definition) is 4. The number of halogens is 1. The molecule has 0 heterocycles. The summed E-state index contributed by atoms with van der Waals surface area (Å²) < 4.78 is 32.3. The molecule has 1 rings (SSSR count). The molecule has 0 radical (unpaired) electrons. The summed E-state index contributed by atoms with van der Waals surface area (Å²) in [7, 11) is -4.22. The van der Waals surface area contributed by atoms with E-state index in [4.69, 9.17) is 10.9 Å². The van der Waals surface area contributed by atoms with Gasteiger partial charge in [-0.25, -0.2) is 9.52 Å². The molecule has 21 heavy (non-hydrogen) atoms. The third-order valence-electron chi connectivity index (χ3n) is 2.10. The second-order valence-corrected chi connectivity index (χ2v) is 5.93. The van der Waals surface area contributed by atoms with Crippen molar-refractivity contribution in [3.63, 3.8) is 0 Å². The van der Waals surface area contributed by atoms with E-state index in [9.17, 15) is 13.2 Å². The average Bonchev–Trinajstić information content (AvgIpc) is 2.39. The van der Waals surface area contributed by atoms with Gasteiger partial charge in [0, 0.05) is 10.0 Å². The normalized spacial score (nSPS) is 11.8. The van der Waals surface area contributed by atoms with Crippen molar-refractivity contribution in [1.82, 2.24) is 4.72 Å². The minimum absolute atomic E-state index is 0.0188. The molecule has 9 nitrogen and oxygen atoms in total. The van der Waals surface area contributed by atoms with Crippen molar-refractivity contribution < 1.29 is 23.2 Å². The lowest BCUT2D eigenvalue weighted by atomic mass is 10.2. The molecule has 1 aromatic carbocycles. The van der Waals surface area contributed by atoms with Crippen LogP contribution in [-0.4, -0.2) is 32.2 Å². The van der Waals surface area contributed by atoms with Gasteiger partial charge < -0.3 is 15.7 Å². The second-order valence-electron chi connectivity index (χ2n) is 3.60. The monoisotopic (exact) mass is 380 g/mol. The summed E-state index contributed by atoms with van der Waals surface area (Å²) >= 11 is 3.18. The molecule has 5 N–H and O–H groups in total. The number of carbonyl (C=O) groups is 1. The van der Waals surface area contributed by atoms with Gasteiger partial charge in [0.05, 0.1) is 12.3 Å². The number of anilines is 1. The number of nitrogens with zero attached hydrogens (tertiary/aromatic N) is 1. The Kier molecular flexibility index (Phi) is 5.79. The fourth-order valence-electron chi connectivity index (χ4n) is 1.31. The number of oxime groups is 1. The van der Waals surface area contributed by atoms with E-state index in [-0.39, 0.29) is 23.7 Å². The molecule has 1 aromatic rings. The first-order valence-electron chi connectivity index (χ1n) is 5.53. The summed E-state index contributed by atoms with van der Waals surface area (Å²) in [6, 6.07) is 4.36. The molecule has 0 atom stereocenters. The summed E-state index contributed by atoms with van der Waals surface area (Å²) in [4.78, 5) is 11.1. The smallest absolute Gasteiger partial charge is 0.422 e. The zero-order valence-electron chi connectivity index (χ0n) is 10.8. The highest BCUT2D eigenvalue weighted by molar-refractivity contribution is 9.10. The zero-order chi connectivity index (χ0) is 16.0. The van der Waals surface area contributed by atoms with Crippen LogP contribution in [0.25, 0.3) is 0 Å². The quantitative estimate of drug-likeness (QED) is 0.259. The SMILES string of the molecule is CCOC(=O)NS(=O)(=O)Nc1ccc(Br)cc1/C(N)=N/O. The maximum Gasteiger partial charge on any atom is 0.422 e. The maximum absolute atomic E-state index is 11.8. The van der Waals surface area contributed by atoms with Gasteiger partial charge in [-0.1, -0.05) is 21.1 Å². The highest BCUT2D eigenvalue weighted by Gasteiger charge is 2.18. The van der Waals surface area contributed by atoms with E-state index < -0.39 is 16.3 Å². The van der Waals surface area contributed by atoms with Crippen LogP contribution >= 0.6 is 15.9 Å². The third-order valence-corrected chi connectivity index (χ3v) is 3.52. The predicted molar refractivity (Wildman–Crippen MR) is 79.4 cm³/mol. The van der Waals surface area contributed by atoms with E-state index >= 15 is 0 Å². The number of amides is 1. The highest BCUT2D eigenvalue weighted by Crippen LogP contribution is 2.21. The lowest BCUT2D eigenvalue weighted by Gasteiger charge is -2.12. The highest BCUT2D eigenvalue weighted by atomic mass is 79.9. The molecular weight excluding hydrogens is 368 g/mol. The summed E-state index contributed by atoms with van der Waals surface area (Å²) in [5.41, 5.74) is 5.61. The Bertz CT molecular complexity index is 661. The van der Waals surface area contributed by atoms with Crippen LogP contribution in [-0.2, 0) is 14.9 Å². The van der Waals surface area contributed by atoms with Crippen LogP contribution in [0, 0.1) is 0 Å². The lowest BCUT2D eigenvalue weighted by Crippen LogP contribution is -2.36. The summed E-state index contributed by atoms with van der Waals surface area (Å²) in [5.74, 6) is -0.301. The first-order valence-corrected chi connectivity index (χ1v) is 7.81. The molecule has 0 aromatic heterocycles. The van der Waals surface area contributed by atoms with Gasteiger partial charge in [0.15, 0.2) is 5.84 Å². The first-order chi connectivity index (χ1) is 9.79. The molecule has 1 amide bonds. The average molecular weight is 381 g/mol. The largest absolute Gasteiger partial charge is 0.449 e. The number of ether oxygens (including phenoxy) is 1. The number of rotatable bonds is 5. The minimum atomic E-state index is -4.22. The van der Waals surface area contributed by atoms with Gasteiger partial charge in [-0.3, -0.25) is 4.72 Å². The van der Waals surface area contributed by atoms with Crippen LogP contribution in [0.5, 0.6) is 0 Å². The number of nitrogens with one attached hydrogen (secondary N) is 2. The summed E-state index contributed by atoms with van der Waals surface area (Å²) in [5, 5.41) is 11.5. The molecule has 0 aliphatic heterocycles. The van der Waals surface area contributed by atoms with E-state index in [1.807, 2.05) is 0 Å². The third kappa shape index (κ3) is 5.11. The number of hydrogen-bond acceptors (Lipinski definition) is 6. The Balaban J connectivity index is 3.05. The van der Waals surface area contributed by atoms with Crippen LogP contribution in [0.3, 0.4) is 0 Å². The molecule has 0 aliphatic carbocycles. The van der Waals surface area contributed by atoms with Gasteiger partial charge in [-0.2, -0.15) is 8.42 Å². The molecule has 11 heteroatoms. The van der Waals surface area contributed by atoms with Crippen LogP contribution in [0.15, 0.2) is 27.8 Å². The van der Waals surface area contributed by atoms with Crippen molar-refractivity contribution in [3.8, 4) is 0 Å². The lowest BCUT2D eigenvalue weighted by molar-refractivity contribution is 0.159. The molecule has 0 saturated heterocycles. The maximum atomic E-state index is 11.8. The van der Waals surface area contributed by atoms with Gasteiger partial charge in [0.1, 0.15) is 0 Å². The Morgan fingerprint density at radius 3 is 2.76 bits per heavy atom. The summed E-state index contributed by atoms with van der Waals surface area (Å²) in [6.45, 7) is 1.56. The van der Waals surface area contributed by atoms with Crippen molar-refractivity contribution >= 4 is 43.8 Å². The van der Waals surface area contributed by atoms with Crippen molar-refractivity contribution in [2.24, 2.45) is 10.9 Å². The Hall–Kier alpha value is -2.01. The predicted octanol–water partition coefficient (Wildman–Crippen LogP) is 0.946. The van der Waals surface area contributed by atoms with Gasteiger partial charge in [-0.15, -0.1) is 0 Å². The number of benzene rings is 1. The van der Waals surface area contributed by atoms with E-state index in [0.29, 0.717) is 4.47 Å². The van der Waals surface area contributed by atoms with E-state index in [2.05, 4.69) is 30.5 Å². The van der Waals surface area contributed by atoms with E-state index in [0.717, 1.165) is 0 Å². The molecule has 0 spiro atoms. The van der Waals surface area contributed by atoms with Gasteiger partial charge in [0.2, 0.25) is 0 Å². The van der Waals surface area contributed by atoms with Gasteiger partial charge >= 0.3 is 16.3 Å². The zero-order valence-corrected chi connectivity index (χ0v) is 13.2. The van der Waals surface area contributed by atoms with E-state index in [1.54, 1.807) is 4.72 Å². The minimum Gasteiger partial charge on any atom is -0.449 e. The molecule has 0 aliphatic rings. The van der Waals surface area contributed by atoms with Crippen molar-refractivity contribution in [2.45, 2.75) is 6.92 Å². The van der Waals surface area contributed by atoms with E-state index in [1.165, 1.54) is 25.1 Å². The molecule has 0 saturated carbocycles. The van der Waals surface area contributed by atoms with Crippen LogP contribution in [0.4, 0.5) is 10.5 Å². The molecule has 0 unspecified atom stereocenters. The molecular formula is C10H13BrN4O5S. The summed E-state index contributed by atoms with van der Waals surface area (Å²) in [6.07, 6.45) is -1.12. The Morgan fingerprint density at radius 1 is 1.52 bits per heavy atom. The number of amidine groups is 1. The van der Waals surface area contributed by atoms with Gasteiger partial charge in [0.25, 0.3) is 0 Å². The molecule has 0 fully saturated rings. The number of nitrogens with two attached hydrogens (primary N) is 1. The fourth-order valence-corrected chi connectivity index (χ4v) is 2.47. The Morgan fingerprint density at radius 2 is 2.19 bits per heavy atom. The van der Waals surface area contributed by atoms with Crippen LogP contribution < -0.4 is 15.2 Å². The number of carbonyl (C=O) groups excluding carboxylic acids is 1. The van der Waals surface area contributed by atoms with Gasteiger partial charge in [-0.05, 0) is 25.1 Å². The van der Waals surface area contributed by atoms with Crippen molar-refractivity contribution in [3.05, 3.63) is 28.2 Å². The fraction of sp³-hybridized carbons (Fsp3) is 0.200. The van der Waals surface area contributed by atoms with Crippen LogP contribution in [0.2, 0.25) is 0 Å². The standard InChI is InChI=1S/C10H13BrN4O5S/c1-2-20-10(16)15-21(18,19)14-8-4-3-6(11)5-7(8)9(12)13-17/h3-5,14,17H,2H2,1H3,(H2,12,13)(H,15,16). The van der Waals surface area contributed by atoms with Crippen molar-refractivity contribution in [2.75, 3.05) is 11.3 Å². The van der Waals surface area contributed by atoms with Crippen LogP contribution in [0.1, 0.15) is 12.5 Å². The Labute approximate surface area is 129 Å². The molecule has 116 valence electrons. The second kappa shape index (κ2) is 7.13. The molecule has 0 bridgehead atoms. The first kappa shape index (κ1) is 17.0. The topological polar surface area (TPSA) is 143 Å².